The molecule has 0 radical (unpaired) electrons. The normalized spacial score (nSPS) is 10.6. The van der Waals surface area contributed by atoms with Gasteiger partial charge in [-0.3, -0.25) is 0 Å². The van der Waals surface area contributed by atoms with Gasteiger partial charge in [0.1, 0.15) is 6.61 Å². The largest absolute Gasteiger partial charge is 0.493 e. The average molecular weight is 437 g/mol. The number of rotatable bonds is 7. The third-order valence-electron chi connectivity index (χ3n) is 4.27. The van der Waals surface area contributed by atoms with Crippen molar-refractivity contribution in [2.75, 3.05) is 12.4 Å². The van der Waals surface area contributed by atoms with Gasteiger partial charge in [-0.1, -0.05) is 53.0 Å². The van der Waals surface area contributed by atoms with Crippen molar-refractivity contribution in [1.29, 1.82) is 0 Å². The molecule has 0 saturated carbocycles. The van der Waals surface area contributed by atoms with Gasteiger partial charge in [0.05, 0.1) is 17.2 Å². The van der Waals surface area contributed by atoms with Crippen molar-refractivity contribution in [2.45, 2.75) is 20.1 Å². The monoisotopic (exact) mass is 435 g/mol. The van der Waals surface area contributed by atoms with E-state index < -0.39 is 0 Å². The molecule has 3 nitrogen and oxygen atoms in total. The van der Waals surface area contributed by atoms with Crippen LogP contribution in [0.4, 0.5) is 5.69 Å². The van der Waals surface area contributed by atoms with Crippen molar-refractivity contribution in [3.63, 3.8) is 0 Å². The number of anilines is 1. The topological polar surface area (TPSA) is 30.5 Å². The lowest BCUT2D eigenvalue weighted by Gasteiger charge is -2.14. The standard InChI is InChI=1S/C22H20Cl3NO2/c1-14-3-6-17(11-19(14)24)26-12-15-5-8-21(22(10-15)27-2)28-13-16-4-7-18(23)20(25)9-16/h3-11,26H,12-13H2,1-2H3. The molecule has 0 bridgehead atoms. The number of benzene rings is 3. The summed E-state index contributed by atoms with van der Waals surface area (Å²) in [4.78, 5) is 0. The van der Waals surface area contributed by atoms with E-state index in [2.05, 4.69) is 5.32 Å². The molecule has 0 heterocycles. The molecule has 0 aliphatic carbocycles. The Kier molecular flexibility index (Phi) is 6.95. The molecule has 0 amide bonds. The molecular weight excluding hydrogens is 417 g/mol. The van der Waals surface area contributed by atoms with E-state index in [0.29, 0.717) is 34.7 Å². The van der Waals surface area contributed by atoms with Crippen molar-refractivity contribution in [1.82, 2.24) is 0 Å². The Balaban J connectivity index is 1.65. The lowest BCUT2D eigenvalue weighted by atomic mass is 10.1. The molecule has 0 atom stereocenters. The maximum atomic E-state index is 6.18. The smallest absolute Gasteiger partial charge is 0.161 e. The Labute approximate surface area is 180 Å². The summed E-state index contributed by atoms with van der Waals surface area (Å²) < 4.78 is 11.4. The molecule has 0 aliphatic rings. The fourth-order valence-electron chi connectivity index (χ4n) is 2.64. The van der Waals surface area contributed by atoms with E-state index in [1.807, 2.05) is 49.4 Å². The van der Waals surface area contributed by atoms with Crippen LogP contribution in [0, 0.1) is 6.92 Å². The van der Waals surface area contributed by atoms with Gasteiger partial charge in [-0.05, 0) is 60.0 Å². The average Bonchev–Trinajstić information content (AvgIpc) is 2.70. The minimum atomic E-state index is 0.368. The van der Waals surface area contributed by atoms with Crippen molar-refractivity contribution in [3.8, 4) is 11.5 Å². The first-order chi connectivity index (χ1) is 13.5. The van der Waals surface area contributed by atoms with Crippen molar-refractivity contribution in [2.24, 2.45) is 0 Å². The highest BCUT2D eigenvalue weighted by atomic mass is 35.5. The third kappa shape index (κ3) is 5.26. The van der Waals surface area contributed by atoms with E-state index >= 15 is 0 Å². The van der Waals surface area contributed by atoms with Gasteiger partial charge in [-0.25, -0.2) is 0 Å². The summed E-state index contributed by atoms with van der Waals surface area (Å²) in [6.07, 6.45) is 0. The highest BCUT2D eigenvalue weighted by Crippen LogP contribution is 2.30. The predicted molar refractivity (Wildman–Crippen MR) is 117 cm³/mol. The second-order valence-electron chi connectivity index (χ2n) is 6.34. The maximum absolute atomic E-state index is 6.18. The summed E-state index contributed by atoms with van der Waals surface area (Å²) in [6.45, 7) is 2.99. The van der Waals surface area contributed by atoms with E-state index in [1.54, 1.807) is 19.2 Å². The van der Waals surface area contributed by atoms with Crippen molar-refractivity contribution in [3.05, 3.63) is 86.4 Å². The van der Waals surface area contributed by atoms with Gasteiger partial charge in [0.25, 0.3) is 0 Å². The van der Waals surface area contributed by atoms with Crippen LogP contribution in [0.3, 0.4) is 0 Å². The number of aryl methyl sites for hydroxylation is 1. The molecule has 1 N–H and O–H groups in total. The molecule has 0 aliphatic heterocycles. The number of hydrogen-bond donors (Lipinski definition) is 1. The molecule has 0 aromatic heterocycles. The van der Waals surface area contributed by atoms with Crippen LogP contribution < -0.4 is 14.8 Å². The molecule has 6 heteroatoms. The SMILES string of the molecule is COc1cc(CNc2ccc(C)c(Cl)c2)ccc1OCc1ccc(Cl)c(Cl)c1. The van der Waals surface area contributed by atoms with E-state index in [4.69, 9.17) is 44.3 Å². The van der Waals surface area contributed by atoms with Gasteiger partial charge in [0.15, 0.2) is 11.5 Å². The Hall–Kier alpha value is -2.07. The molecule has 0 saturated heterocycles. The Morgan fingerprint density at radius 2 is 1.57 bits per heavy atom. The zero-order valence-electron chi connectivity index (χ0n) is 15.6. The fourth-order valence-corrected chi connectivity index (χ4v) is 3.14. The maximum Gasteiger partial charge on any atom is 0.161 e. The van der Waals surface area contributed by atoms with Crippen LogP contribution in [0.5, 0.6) is 11.5 Å². The van der Waals surface area contributed by atoms with Gasteiger partial charge >= 0.3 is 0 Å². The minimum absolute atomic E-state index is 0.368. The molecule has 146 valence electrons. The summed E-state index contributed by atoms with van der Waals surface area (Å²) in [5, 5.41) is 5.13. The van der Waals surface area contributed by atoms with E-state index in [1.165, 1.54) is 0 Å². The van der Waals surface area contributed by atoms with Gasteiger partial charge in [0.2, 0.25) is 0 Å². The highest BCUT2D eigenvalue weighted by Gasteiger charge is 2.08. The molecule has 3 aromatic carbocycles. The summed E-state index contributed by atoms with van der Waals surface area (Å²) in [5.41, 5.74) is 4.01. The van der Waals surface area contributed by atoms with Crippen LogP contribution in [0.1, 0.15) is 16.7 Å². The van der Waals surface area contributed by atoms with Crippen LogP contribution in [-0.2, 0) is 13.2 Å². The van der Waals surface area contributed by atoms with Crippen LogP contribution in [-0.4, -0.2) is 7.11 Å². The Morgan fingerprint density at radius 3 is 2.29 bits per heavy atom. The quantitative estimate of drug-likeness (QED) is 0.426. The molecular formula is C22H20Cl3NO2. The Morgan fingerprint density at radius 1 is 0.786 bits per heavy atom. The van der Waals surface area contributed by atoms with Gasteiger partial charge < -0.3 is 14.8 Å². The first-order valence-electron chi connectivity index (χ1n) is 8.70. The molecule has 0 unspecified atom stereocenters. The number of methoxy groups -OCH3 is 1. The van der Waals surface area contributed by atoms with E-state index in [-0.39, 0.29) is 0 Å². The number of nitrogens with one attached hydrogen (secondary N) is 1. The van der Waals surface area contributed by atoms with Gasteiger partial charge in [-0.2, -0.15) is 0 Å². The first kappa shape index (κ1) is 20.7. The van der Waals surface area contributed by atoms with Crippen molar-refractivity contribution < 1.29 is 9.47 Å². The van der Waals surface area contributed by atoms with Crippen LogP contribution in [0.2, 0.25) is 15.1 Å². The predicted octanol–water partition coefficient (Wildman–Crippen LogP) is 7.15. The van der Waals surface area contributed by atoms with Crippen molar-refractivity contribution >= 4 is 40.5 Å². The molecule has 3 aromatic rings. The first-order valence-corrected chi connectivity index (χ1v) is 9.83. The lowest BCUT2D eigenvalue weighted by molar-refractivity contribution is 0.284. The summed E-state index contributed by atoms with van der Waals surface area (Å²) in [5.74, 6) is 1.33. The summed E-state index contributed by atoms with van der Waals surface area (Å²) in [7, 11) is 1.62. The highest BCUT2D eigenvalue weighted by molar-refractivity contribution is 6.42. The van der Waals surface area contributed by atoms with Crippen LogP contribution in [0.15, 0.2) is 54.6 Å². The van der Waals surface area contributed by atoms with Gasteiger partial charge in [0, 0.05) is 17.3 Å². The second kappa shape index (κ2) is 9.42. The zero-order valence-corrected chi connectivity index (χ0v) is 17.8. The molecule has 3 rings (SSSR count). The number of ether oxygens (including phenoxy) is 2. The number of hydrogen-bond acceptors (Lipinski definition) is 3. The van der Waals surface area contributed by atoms with Crippen LogP contribution in [0.25, 0.3) is 0 Å². The molecule has 0 fully saturated rings. The van der Waals surface area contributed by atoms with E-state index in [9.17, 15) is 0 Å². The lowest BCUT2D eigenvalue weighted by Crippen LogP contribution is -2.02. The zero-order chi connectivity index (χ0) is 20.1. The van der Waals surface area contributed by atoms with Gasteiger partial charge in [-0.15, -0.1) is 0 Å². The second-order valence-corrected chi connectivity index (χ2v) is 7.56. The fraction of sp³-hybridized carbons (Fsp3) is 0.182. The minimum Gasteiger partial charge on any atom is -0.493 e. The molecule has 0 spiro atoms. The third-order valence-corrected chi connectivity index (χ3v) is 5.42. The van der Waals surface area contributed by atoms with Crippen LogP contribution >= 0.6 is 34.8 Å². The van der Waals surface area contributed by atoms with E-state index in [0.717, 1.165) is 27.4 Å². The summed E-state index contributed by atoms with van der Waals surface area (Å²) >= 11 is 18.2. The Bertz CT molecular complexity index is 976. The summed E-state index contributed by atoms with van der Waals surface area (Å²) in [6, 6.07) is 17.2. The number of halogens is 3. The molecule has 28 heavy (non-hydrogen) atoms.